The van der Waals surface area contributed by atoms with E-state index in [1.165, 1.54) is 17.8 Å². The zero-order chi connectivity index (χ0) is 23.3. The standard InChI is InChI=1S/C23H24N8O2S/c1-33-20-10-6-5-9-19(20)29-11-13-30(14-12-29)22-24-17(15-21(32)25-22)16-34-23-26-27-28-31(23)18-7-3-2-4-8-18/h2-10,15H,11-14,16H2,1H3,(H,24,25,32). The molecule has 0 spiro atoms. The van der Waals surface area contributed by atoms with Gasteiger partial charge >= 0.3 is 0 Å². The number of benzene rings is 2. The van der Waals surface area contributed by atoms with Crippen LogP contribution < -0.4 is 20.1 Å². The Morgan fingerprint density at radius 1 is 1.00 bits per heavy atom. The van der Waals surface area contributed by atoms with Gasteiger partial charge in [0.1, 0.15) is 5.75 Å². The first kappa shape index (κ1) is 22.0. The van der Waals surface area contributed by atoms with Crippen LogP contribution in [-0.4, -0.2) is 63.5 Å². The molecule has 0 atom stereocenters. The summed E-state index contributed by atoms with van der Waals surface area (Å²) in [6.07, 6.45) is 0. The van der Waals surface area contributed by atoms with Crippen molar-refractivity contribution < 1.29 is 4.74 Å². The van der Waals surface area contributed by atoms with Gasteiger partial charge in [-0.3, -0.25) is 9.78 Å². The summed E-state index contributed by atoms with van der Waals surface area (Å²) in [5.74, 6) is 1.93. The van der Waals surface area contributed by atoms with Crippen LogP contribution in [0.2, 0.25) is 0 Å². The molecule has 5 rings (SSSR count). The fourth-order valence-electron chi connectivity index (χ4n) is 3.91. The first-order valence-corrected chi connectivity index (χ1v) is 11.9. The molecule has 1 saturated heterocycles. The zero-order valence-electron chi connectivity index (χ0n) is 18.7. The number of thioether (sulfide) groups is 1. The Hall–Kier alpha value is -3.86. The molecule has 11 heteroatoms. The van der Waals surface area contributed by atoms with E-state index < -0.39 is 0 Å². The summed E-state index contributed by atoms with van der Waals surface area (Å²) >= 11 is 1.44. The third kappa shape index (κ3) is 4.74. The number of tetrazole rings is 1. The van der Waals surface area contributed by atoms with Gasteiger partial charge < -0.3 is 14.5 Å². The Morgan fingerprint density at radius 2 is 1.74 bits per heavy atom. The normalized spacial score (nSPS) is 13.8. The van der Waals surface area contributed by atoms with E-state index in [1.54, 1.807) is 11.8 Å². The van der Waals surface area contributed by atoms with E-state index in [9.17, 15) is 4.79 Å². The zero-order valence-corrected chi connectivity index (χ0v) is 19.5. The number of anilines is 2. The topological polar surface area (TPSA) is 105 Å². The number of nitrogens with zero attached hydrogens (tertiary/aromatic N) is 7. The first-order valence-electron chi connectivity index (χ1n) is 10.9. The Morgan fingerprint density at radius 3 is 2.53 bits per heavy atom. The minimum Gasteiger partial charge on any atom is -0.495 e. The summed E-state index contributed by atoms with van der Waals surface area (Å²) in [5, 5.41) is 12.6. The molecule has 10 nitrogen and oxygen atoms in total. The number of H-pyrrole nitrogens is 1. The molecule has 3 heterocycles. The van der Waals surface area contributed by atoms with Crippen molar-refractivity contribution in [1.29, 1.82) is 0 Å². The lowest BCUT2D eigenvalue weighted by Crippen LogP contribution is -2.47. The van der Waals surface area contributed by atoms with Gasteiger partial charge in [0.25, 0.3) is 5.56 Å². The number of aromatic nitrogens is 6. The van der Waals surface area contributed by atoms with Crippen LogP contribution in [-0.2, 0) is 5.75 Å². The van der Waals surface area contributed by atoms with Gasteiger partial charge in [0.05, 0.1) is 24.2 Å². The van der Waals surface area contributed by atoms with Gasteiger partial charge in [0.2, 0.25) is 11.1 Å². The average molecular weight is 477 g/mol. The predicted molar refractivity (Wildman–Crippen MR) is 131 cm³/mol. The molecule has 34 heavy (non-hydrogen) atoms. The second kappa shape index (κ2) is 9.96. The van der Waals surface area contributed by atoms with Crippen molar-refractivity contribution in [3.05, 3.63) is 76.7 Å². The number of nitrogens with one attached hydrogen (secondary N) is 1. The van der Waals surface area contributed by atoms with E-state index in [4.69, 9.17) is 9.72 Å². The molecular formula is C23H24N8O2S. The number of hydrogen-bond acceptors (Lipinski definition) is 9. The van der Waals surface area contributed by atoms with Crippen LogP contribution in [0.25, 0.3) is 5.69 Å². The Bertz CT molecular complexity index is 1300. The number of rotatable bonds is 7. The summed E-state index contributed by atoms with van der Waals surface area (Å²) < 4.78 is 7.18. The van der Waals surface area contributed by atoms with E-state index in [0.717, 1.165) is 43.3 Å². The number of hydrogen-bond donors (Lipinski definition) is 1. The van der Waals surface area contributed by atoms with Gasteiger partial charge in [0.15, 0.2) is 0 Å². The fraction of sp³-hybridized carbons (Fsp3) is 0.261. The lowest BCUT2D eigenvalue weighted by atomic mass is 10.2. The Labute approximate surface area is 200 Å². The van der Waals surface area contributed by atoms with Crippen molar-refractivity contribution in [2.45, 2.75) is 10.9 Å². The third-order valence-corrected chi connectivity index (χ3v) is 6.53. The van der Waals surface area contributed by atoms with Crippen molar-refractivity contribution >= 4 is 23.4 Å². The van der Waals surface area contributed by atoms with Gasteiger partial charge in [-0.05, 0) is 34.7 Å². The van der Waals surface area contributed by atoms with Crippen molar-refractivity contribution in [2.24, 2.45) is 0 Å². The van der Waals surface area contributed by atoms with Crippen molar-refractivity contribution in [3.63, 3.8) is 0 Å². The smallest absolute Gasteiger partial charge is 0.252 e. The highest BCUT2D eigenvalue weighted by molar-refractivity contribution is 7.98. The molecule has 1 aliphatic heterocycles. The van der Waals surface area contributed by atoms with Gasteiger partial charge in [-0.25, -0.2) is 4.98 Å². The maximum Gasteiger partial charge on any atom is 0.252 e. The van der Waals surface area contributed by atoms with Crippen LogP contribution in [0, 0.1) is 0 Å². The second-order valence-electron chi connectivity index (χ2n) is 7.70. The molecule has 1 N–H and O–H groups in total. The van der Waals surface area contributed by atoms with Crippen LogP contribution in [0.3, 0.4) is 0 Å². The quantitative estimate of drug-likeness (QED) is 0.403. The molecule has 174 valence electrons. The van der Waals surface area contributed by atoms with Crippen LogP contribution >= 0.6 is 11.8 Å². The molecule has 1 fully saturated rings. The Balaban J connectivity index is 1.26. The highest BCUT2D eigenvalue weighted by Gasteiger charge is 2.21. The van der Waals surface area contributed by atoms with Crippen molar-refractivity contribution in [2.75, 3.05) is 43.1 Å². The molecule has 0 amide bonds. The molecule has 0 aliphatic carbocycles. The monoisotopic (exact) mass is 476 g/mol. The molecule has 2 aromatic carbocycles. The van der Waals surface area contributed by atoms with E-state index in [1.807, 2.05) is 48.5 Å². The van der Waals surface area contributed by atoms with Crippen molar-refractivity contribution in [1.82, 2.24) is 30.2 Å². The number of ether oxygens (including phenoxy) is 1. The highest BCUT2D eigenvalue weighted by atomic mass is 32.2. The molecule has 0 unspecified atom stereocenters. The summed E-state index contributed by atoms with van der Waals surface area (Å²) in [7, 11) is 1.69. The lowest BCUT2D eigenvalue weighted by molar-refractivity contribution is 0.413. The molecule has 0 radical (unpaired) electrons. The minimum absolute atomic E-state index is 0.171. The fourth-order valence-corrected chi connectivity index (χ4v) is 4.69. The number of aromatic amines is 1. The van der Waals surface area contributed by atoms with E-state index >= 15 is 0 Å². The van der Waals surface area contributed by atoms with E-state index in [-0.39, 0.29) is 5.56 Å². The van der Waals surface area contributed by atoms with Crippen LogP contribution in [0.4, 0.5) is 11.6 Å². The summed E-state index contributed by atoms with van der Waals surface area (Å²) in [6.45, 7) is 3.08. The van der Waals surface area contributed by atoms with Crippen molar-refractivity contribution in [3.8, 4) is 11.4 Å². The number of para-hydroxylation sites is 3. The summed E-state index contributed by atoms with van der Waals surface area (Å²) in [6, 6.07) is 19.2. The SMILES string of the molecule is COc1ccccc1N1CCN(c2nc(CSc3nnnn3-c3ccccc3)cc(=O)[nH]2)CC1. The van der Waals surface area contributed by atoms with Gasteiger partial charge in [-0.1, -0.05) is 42.1 Å². The maximum atomic E-state index is 12.4. The van der Waals surface area contributed by atoms with E-state index in [2.05, 4.69) is 36.4 Å². The molecular weight excluding hydrogens is 452 g/mol. The lowest BCUT2D eigenvalue weighted by Gasteiger charge is -2.36. The van der Waals surface area contributed by atoms with Crippen LogP contribution in [0.15, 0.2) is 70.6 Å². The third-order valence-electron chi connectivity index (χ3n) is 5.58. The number of piperazine rings is 1. The molecule has 2 aromatic heterocycles. The van der Waals surface area contributed by atoms with Crippen LogP contribution in [0.1, 0.15) is 5.69 Å². The minimum atomic E-state index is -0.171. The van der Waals surface area contributed by atoms with Gasteiger partial charge in [-0.15, -0.1) is 5.10 Å². The maximum absolute atomic E-state index is 12.4. The summed E-state index contributed by atoms with van der Waals surface area (Å²) in [5.41, 5.74) is 2.46. The first-order chi connectivity index (χ1) is 16.7. The molecule has 0 bridgehead atoms. The number of methoxy groups -OCH3 is 1. The Kier molecular flexibility index (Phi) is 6.43. The largest absolute Gasteiger partial charge is 0.495 e. The molecule has 1 aliphatic rings. The molecule has 4 aromatic rings. The summed E-state index contributed by atoms with van der Waals surface area (Å²) in [4.78, 5) is 24.4. The average Bonchev–Trinajstić information content (AvgIpc) is 3.36. The predicted octanol–water partition coefficient (Wildman–Crippen LogP) is 2.37. The van der Waals surface area contributed by atoms with Gasteiger partial charge in [-0.2, -0.15) is 4.68 Å². The van der Waals surface area contributed by atoms with Crippen LogP contribution in [0.5, 0.6) is 5.75 Å². The second-order valence-corrected chi connectivity index (χ2v) is 8.65. The van der Waals surface area contributed by atoms with E-state index in [0.29, 0.717) is 22.6 Å². The van der Waals surface area contributed by atoms with Gasteiger partial charge in [0, 0.05) is 38.0 Å². The highest BCUT2D eigenvalue weighted by Crippen LogP contribution is 2.29. The molecule has 0 saturated carbocycles.